The maximum Gasteiger partial charge on any atom is 0.410 e. The van der Waals surface area contributed by atoms with E-state index in [1.54, 1.807) is 4.90 Å². The summed E-state index contributed by atoms with van der Waals surface area (Å²) >= 11 is 0. The molecule has 3 saturated heterocycles. The summed E-state index contributed by atoms with van der Waals surface area (Å²) in [5.41, 5.74) is 4.21. The van der Waals surface area contributed by atoms with Gasteiger partial charge >= 0.3 is 18.1 Å². The molecule has 4 aliphatic heterocycles. The van der Waals surface area contributed by atoms with Crippen molar-refractivity contribution in [3.05, 3.63) is 58.7 Å². The van der Waals surface area contributed by atoms with Crippen LogP contribution in [0.5, 0.6) is 5.75 Å². The average Bonchev–Trinajstić information content (AvgIpc) is 3.34. The van der Waals surface area contributed by atoms with Gasteiger partial charge in [-0.15, -0.1) is 0 Å². The van der Waals surface area contributed by atoms with Crippen molar-refractivity contribution >= 4 is 29.7 Å². The predicted octanol–water partition coefficient (Wildman–Crippen LogP) is 4.17. The molecule has 2 aromatic rings. The van der Waals surface area contributed by atoms with E-state index in [1.807, 2.05) is 67.0 Å². The number of rotatable bonds is 10. The fourth-order valence-electron chi connectivity index (χ4n) is 8.35. The smallest absolute Gasteiger partial charge is 0.410 e. The van der Waals surface area contributed by atoms with Crippen LogP contribution < -0.4 is 5.32 Å². The summed E-state index contributed by atoms with van der Waals surface area (Å²) in [5, 5.41) is 13.4. The quantitative estimate of drug-likeness (QED) is 0.345. The van der Waals surface area contributed by atoms with E-state index in [2.05, 4.69) is 15.1 Å². The van der Waals surface area contributed by atoms with Gasteiger partial charge < -0.3 is 39.5 Å². The number of benzene rings is 2. The van der Waals surface area contributed by atoms with Crippen molar-refractivity contribution in [2.45, 2.75) is 83.9 Å². The predicted molar refractivity (Wildman–Crippen MR) is 201 cm³/mol. The summed E-state index contributed by atoms with van der Waals surface area (Å²) in [7, 11) is 0. The highest BCUT2D eigenvalue weighted by molar-refractivity contribution is 5.91. The second kappa shape index (κ2) is 17.6. The van der Waals surface area contributed by atoms with Crippen molar-refractivity contribution in [1.29, 1.82) is 0 Å². The number of ether oxygens (including phenoxy) is 2. The number of carbonyl (C=O) groups is 4. The zero-order valence-corrected chi connectivity index (χ0v) is 31.6. The molecule has 2 aromatic carbocycles. The third kappa shape index (κ3) is 9.61. The molecule has 6 rings (SSSR count). The van der Waals surface area contributed by atoms with Crippen LogP contribution in [-0.4, -0.2) is 144 Å². The van der Waals surface area contributed by atoms with Crippen molar-refractivity contribution in [2.75, 3.05) is 77.4 Å². The first kappa shape index (κ1) is 38.4. The summed E-state index contributed by atoms with van der Waals surface area (Å²) < 4.78 is 11.2. The maximum absolute atomic E-state index is 14.1. The minimum atomic E-state index is -1.01. The number of urea groups is 1. The lowest BCUT2D eigenvalue weighted by molar-refractivity contribution is -0.144. The van der Waals surface area contributed by atoms with E-state index in [9.17, 15) is 24.3 Å². The number of piperazine rings is 1. The highest BCUT2D eigenvalue weighted by Crippen LogP contribution is 2.27. The van der Waals surface area contributed by atoms with E-state index in [1.165, 1.54) is 0 Å². The number of nitrogens with zero attached hydrogens (tertiary/aromatic N) is 5. The van der Waals surface area contributed by atoms with Crippen LogP contribution in [-0.2, 0) is 31.9 Å². The van der Waals surface area contributed by atoms with E-state index in [0.29, 0.717) is 75.8 Å². The second-order valence-electron chi connectivity index (χ2n) is 14.9. The maximum atomic E-state index is 14.1. The minimum absolute atomic E-state index is 0.00173. The molecule has 1 unspecified atom stereocenters. The monoisotopic (exact) mass is 732 g/mol. The third-order valence-electron chi connectivity index (χ3n) is 11.4. The van der Waals surface area contributed by atoms with E-state index < -0.39 is 12.2 Å². The molecular formula is C40H56N6O7. The Balaban J connectivity index is 1.03. The van der Waals surface area contributed by atoms with Gasteiger partial charge in [0, 0.05) is 76.5 Å². The highest BCUT2D eigenvalue weighted by Gasteiger charge is 2.36. The van der Waals surface area contributed by atoms with Crippen LogP contribution in [0.3, 0.4) is 0 Å². The van der Waals surface area contributed by atoms with E-state index in [0.717, 1.165) is 68.8 Å². The van der Waals surface area contributed by atoms with Gasteiger partial charge in [0.05, 0.1) is 13.0 Å². The topological polar surface area (TPSA) is 135 Å². The number of aryl methyl sites for hydroxylation is 2. The largest absolute Gasteiger partial charge is 0.507 e. The summed E-state index contributed by atoms with van der Waals surface area (Å²) in [4.78, 5) is 62.9. The lowest BCUT2D eigenvalue weighted by Gasteiger charge is -2.43. The number of phenolic OH excluding ortho intramolecular Hbond substituents is 1. The Hall–Kier alpha value is -4.36. The van der Waals surface area contributed by atoms with E-state index in [4.69, 9.17) is 9.47 Å². The first-order chi connectivity index (χ1) is 25.6. The fourth-order valence-corrected chi connectivity index (χ4v) is 8.35. The summed E-state index contributed by atoms with van der Waals surface area (Å²) in [5.74, 6) is -0.129. The second-order valence-corrected chi connectivity index (χ2v) is 14.9. The van der Waals surface area contributed by atoms with Crippen LogP contribution in [0.1, 0.15) is 61.3 Å². The third-order valence-corrected chi connectivity index (χ3v) is 11.4. The first-order valence-electron chi connectivity index (χ1n) is 19.4. The summed E-state index contributed by atoms with van der Waals surface area (Å²) in [6.07, 6.45) is 3.15. The van der Waals surface area contributed by atoms with Crippen LogP contribution >= 0.6 is 0 Å². The number of para-hydroxylation sites is 1. The van der Waals surface area contributed by atoms with Crippen LogP contribution in [0.2, 0.25) is 0 Å². The Morgan fingerprint density at radius 1 is 0.868 bits per heavy atom. The average molecular weight is 733 g/mol. The Morgan fingerprint density at radius 2 is 1.53 bits per heavy atom. The lowest BCUT2D eigenvalue weighted by Crippen LogP contribution is -2.56. The summed E-state index contributed by atoms with van der Waals surface area (Å²) in [6, 6.07) is 11.9. The van der Waals surface area contributed by atoms with Crippen molar-refractivity contribution in [2.24, 2.45) is 0 Å². The van der Waals surface area contributed by atoms with Gasteiger partial charge in [-0.3, -0.25) is 14.5 Å². The van der Waals surface area contributed by atoms with Gasteiger partial charge in [0.2, 0.25) is 0 Å². The zero-order chi connectivity index (χ0) is 37.5. The molecule has 13 heteroatoms. The van der Waals surface area contributed by atoms with E-state index >= 15 is 0 Å². The van der Waals surface area contributed by atoms with Gasteiger partial charge in [-0.05, 0) is 94.3 Å². The highest BCUT2D eigenvalue weighted by atomic mass is 16.6. The van der Waals surface area contributed by atoms with Crippen molar-refractivity contribution in [3.8, 4) is 5.75 Å². The molecule has 0 spiro atoms. The Morgan fingerprint density at radius 3 is 2.21 bits per heavy atom. The number of likely N-dealkylation sites (tertiary alicyclic amines) is 2. The standard InChI is InChI=1S/C40H56N6O7/c1-4-52-36(47)14-17-42-15-10-32(11-16-42)43-21-23-44(24-22-43)38(49)35(27-30-25-28(2)37(48)29(3)26-30)53-40(51)45-18-12-33(13-19-45)46-20-9-31-7-5-6-8-34(31)41-39(46)50/h5-8,25-26,32-33,35,48H,4,9-24,27H2,1-3H3,(H,41,50). The van der Waals surface area contributed by atoms with E-state index in [-0.39, 0.29) is 36.1 Å². The Bertz CT molecular complexity index is 1590. The molecule has 0 saturated carbocycles. The first-order valence-corrected chi connectivity index (χ1v) is 19.4. The fraction of sp³-hybridized carbons (Fsp3) is 0.600. The van der Waals surface area contributed by atoms with Crippen LogP contribution in [0.4, 0.5) is 15.3 Å². The van der Waals surface area contributed by atoms with Crippen molar-refractivity contribution in [3.63, 3.8) is 0 Å². The number of fused-ring (bicyclic) bond motifs is 1. The molecule has 0 radical (unpaired) electrons. The number of carbonyl (C=O) groups excluding carboxylic acids is 4. The number of aromatic hydroxyl groups is 1. The van der Waals surface area contributed by atoms with Gasteiger partial charge in [-0.2, -0.15) is 0 Å². The SMILES string of the molecule is CCOC(=O)CCN1CCC(N2CCN(C(=O)C(Cc3cc(C)c(O)c(C)c3)OC(=O)N3CCC(N4CCc5ccccc5NC4=O)CC3)CC2)CC1. The molecule has 4 aliphatic rings. The molecule has 0 bridgehead atoms. The number of amides is 4. The van der Waals surface area contributed by atoms with Crippen LogP contribution in [0.15, 0.2) is 36.4 Å². The molecule has 53 heavy (non-hydrogen) atoms. The van der Waals surface area contributed by atoms with Gasteiger partial charge in [0.1, 0.15) is 5.75 Å². The molecular weight excluding hydrogens is 676 g/mol. The van der Waals surface area contributed by atoms with Gasteiger partial charge in [-0.25, -0.2) is 9.59 Å². The Kier molecular flexibility index (Phi) is 12.8. The lowest BCUT2D eigenvalue weighted by atomic mass is 10.00. The normalized spacial score (nSPS) is 20.0. The molecule has 13 nitrogen and oxygen atoms in total. The molecule has 0 aliphatic carbocycles. The number of esters is 1. The molecule has 2 N–H and O–H groups in total. The number of piperidine rings is 2. The van der Waals surface area contributed by atoms with Crippen molar-refractivity contribution < 1.29 is 33.8 Å². The van der Waals surface area contributed by atoms with Crippen LogP contribution in [0, 0.1) is 13.8 Å². The molecule has 0 aromatic heterocycles. The zero-order valence-electron chi connectivity index (χ0n) is 31.6. The van der Waals surface area contributed by atoms with Gasteiger partial charge in [0.25, 0.3) is 5.91 Å². The molecule has 3 fully saturated rings. The number of hydrogen-bond acceptors (Lipinski definition) is 9. The van der Waals surface area contributed by atoms with Crippen LogP contribution in [0.25, 0.3) is 0 Å². The number of anilines is 1. The number of nitrogens with one attached hydrogen (secondary N) is 1. The van der Waals surface area contributed by atoms with Gasteiger partial charge in [-0.1, -0.05) is 30.3 Å². The van der Waals surface area contributed by atoms with Gasteiger partial charge in [0.15, 0.2) is 6.10 Å². The minimum Gasteiger partial charge on any atom is -0.507 e. The van der Waals surface area contributed by atoms with Crippen molar-refractivity contribution in [1.82, 2.24) is 24.5 Å². The molecule has 288 valence electrons. The molecule has 1 atom stereocenters. The Labute approximate surface area is 313 Å². The number of hydrogen-bond donors (Lipinski definition) is 2. The number of phenols is 1. The molecule has 4 amide bonds. The molecule has 4 heterocycles. The summed E-state index contributed by atoms with van der Waals surface area (Å²) in [6.45, 7) is 12.5.